The molecule has 3 rings (SSSR count). The zero-order valence-electron chi connectivity index (χ0n) is 11.6. The maximum Gasteiger partial charge on any atom is 0.241 e. The van der Waals surface area contributed by atoms with Crippen LogP contribution in [0.4, 0.5) is 5.69 Å². The average molecular weight is 281 g/mol. The summed E-state index contributed by atoms with van der Waals surface area (Å²) in [6, 6.07) is 14.2. The second-order valence-electron chi connectivity index (χ2n) is 5.16. The Bertz CT molecular complexity index is 709. The van der Waals surface area contributed by atoms with Gasteiger partial charge in [0, 0.05) is 12.0 Å². The van der Waals surface area contributed by atoms with Gasteiger partial charge in [0.05, 0.1) is 11.6 Å². The van der Waals surface area contributed by atoms with Crippen molar-refractivity contribution < 1.29 is 14.7 Å². The Hall–Kier alpha value is -2.62. The molecule has 4 heteroatoms. The van der Waals surface area contributed by atoms with Gasteiger partial charge >= 0.3 is 0 Å². The van der Waals surface area contributed by atoms with Gasteiger partial charge in [-0.15, -0.1) is 0 Å². The predicted molar refractivity (Wildman–Crippen MR) is 79.1 cm³/mol. The molecule has 4 nitrogen and oxygen atoms in total. The molecule has 0 radical (unpaired) electrons. The van der Waals surface area contributed by atoms with Crippen molar-refractivity contribution in [2.75, 3.05) is 4.90 Å². The summed E-state index contributed by atoms with van der Waals surface area (Å²) in [4.78, 5) is 26.0. The fourth-order valence-electron chi connectivity index (χ4n) is 2.68. The molecule has 1 fully saturated rings. The van der Waals surface area contributed by atoms with Gasteiger partial charge in [-0.1, -0.05) is 36.4 Å². The minimum absolute atomic E-state index is 0.0799. The molecule has 0 saturated carbocycles. The highest BCUT2D eigenvalue weighted by atomic mass is 16.3. The number of hydrogen-bond acceptors (Lipinski definition) is 3. The van der Waals surface area contributed by atoms with Crippen LogP contribution in [0.2, 0.25) is 0 Å². The van der Waals surface area contributed by atoms with Crippen molar-refractivity contribution in [2.24, 2.45) is 0 Å². The van der Waals surface area contributed by atoms with Crippen LogP contribution in [-0.4, -0.2) is 16.9 Å². The highest BCUT2D eigenvalue weighted by molar-refractivity contribution is 6.23. The first-order valence-electron chi connectivity index (χ1n) is 6.80. The summed E-state index contributed by atoms with van der Waals surface area (Å²) < 4.78 is 0. The normalized spacial score (nSPS) is 18.3. The van der Waals surface area contributed by atoms with Crippen molar-refractivity contribution in [3.8, 4) is 5.75 Å². The van der Waals surface area contributed by atoms with E-state index in [2.05, 4.69) is 0 Å². The van der Waals surface area contributed by atoms with Crippen LogP contribution in [0.1, 0.15) is 23.5 Å². The summed E-state index contributed by atoms with van der Waals surface area (Å²) >= 11 is 0. The van der Waals surface area contributed by atoms with E-state index < -0.39 is 5.92 Å². The topological polar surface area (TPSA) is 57.6 Å². The number of hydrogen-bond donors (Lipinski definition) is 1. The molecule has 1 heterocycles. The summed E-state index contributed by atoms with van der Waals surface area (Å²) in [5, 5.41) is 9.77. The van der Waals surface area contributed by atoms with E-state index in [9.17, 15) is 14.7 Å². The first kappa shape index (κ1) is 13.4. The fraction of sp³-hybridized carbons (Fsp3) is 0.176. The van der Waals surface area contributed by atoms with Gasteiger partial charge in [-0.25, -0.2) is 4.90 Å². The Morgan fingerprint density at radius 3 is 2.48 bits per heavy atom. The van der Waals surface area contributed by atoms with Crippen molar-refractivity contribution >= 4 is 17.5 Å². The van der Waals surface area contributed by atoms with E-state index in [0.29, 0.717) is 11.3 Å². The van der Waals surface area contributed by atoms with E-state index in [0.717, 1.165) is 5.56 Å². The van der Waals surface area contributed by atoms with Crippen LogP contribution < -0.4 is 4.90 Å². The lowest BCUT2D eigenvalue weighted by atomic mass is 9.98. The van der Waals surface area contributed by atoms with E-state index in [1.807, 2.05) is 30.3 Å². The maximum atomic E-state index is 12.6. The minimum Gasteiger partial charge on any atom is -0.508 e. The second-order valence-corrected chi connectivity index (χ2v) is 5.16. The van der Waals surface area contributed by atoms with Gasteiger partial charge in [-0.2, -0.15) is 0 Å². The predicted octanol–water partition coefficient (Wildman–Crippen LogP) is 2.75. The summed E-state index contributed by atoms with van der Waals surface area (Å²) in [6.45, 7) is 1.70. The standard InChI is InChI=1S/C17H15NO3/c1-11-14(8-5-9-15(11)19)18-16(20)10-13(17(18)21)12-6-3-2-4-7-12/h2-9,13,19H,10H2,1H3. The molecule has 1 aliphatic heterocycles. The molecule has 1 aliphatic rings. The Labute approximate surface area is 122 Å². The van der Waals surface area contributed by atoms with Crippen molar-refractivity contribution in [3.63, 3.8) is 0 Å². The van der Waals surface area contributed by atoms with E-state index in [1.165, 1.54) is 4.90 Å². The zero-order chi connectivity index (χ0) is 15.0. The molecule has 2 amide bonds. The summed E-state index contributed by atoms with van der Waals surface area (Å²) in [5.41, 5.74) is 1.84. The number of phenolic OH excluding ortho intramolecular Hbond substituents is 1. The average Bonchev–Trinajstić information content (AvgIpc) is 2.78. The van der Waals surface area contributed by atoms with E-state index in [-0.39, 0.29) is 24.0 Å². The number of benzene rings is 2. The molecule has 1 unspecified atom stereocenters. The van der Waals surface area contributed by atoms with Crippen LogP contribution in [0, 0.1) is 6.92 Å². The number of carbonyl (C=O) groups is 2. The molecule has 2 aromatic carbocycles. The Morgan fingerprint density at radius 1 is 1.05 bits per heavy atom. The number of amides is 2. The van der Waals surface area contributed by atoms with Crippen LogP contribution in [0.5, 0.6) is 5.75 Å². The number of rotatable bonds is 2. The number of aromatic hydroxyl groups is 1. The Balaban J connectivity index is 2.00. The number of nitrogens with zero attached hydrogens (tertiary/aromatic N) is 1. The van der Waals surface area contributed by atoms with Crippen LogP contribution >= 0.6 is 0 Å². The lowest BCUT2D eigenvalue weighted by Crippen LogP contribution is -2.30. The lowest BCUT2D eigenvalue weighted by molar-refractivity contribution is -0.121. The molecular formula is C17H15NO3. The van der Waals surface area contributed by atoms with Gasteiger partial charge in [-0.3, -0.25) is 9.59 Å². The van der Waals surface area contributed by atoms with Crippen LogP contribution in [0.3, 0.4) is 0 Å². The van der Waals surface area contributed by atoms with E-state index in [4.69, 9.17) is 0 Å². The molecule has 21 heavy (non-hydrogen) atoms. The fourth-order valence-corrected chi connectivity index (χ4v) is 2.68. The van der Waals surface area contributed by atoms with Crippen molar-refractivity contribution in [1.29, 1.82) is 0 Å². The zero-order valence-corrected chi connectivity index (χ0v) is 11.6. The lowest BCUT2D eigenvalue weighted by Gasteiger charge is -2.18. The smallest absolute Gasteiger partial charge is 0.241 e. The molecule has 0 aliphatic carbocycles. The van der Waals surface area contributed by atoms with E-state index >= 15 is 0 Å². The summed E-state index contributed by atoms with van der Waals surface area (Å²) in [7, 11) is 0. The molecule has 0 spiro atoms. The first-order chi connectivity index (χ1) is 10.1. The number of imide groups is 1. The highest BCUT2D eigenvalue weighted by Gasteiger charge is 2.40. The van der Waals surface area contributed by atoms with E-state index in [1.54, 1.807) is 25.1 Å². The monoisotopic (exact) mass is 281 g/mol. The van der Waals surface area contributed by atoms with Crippen molar-refractivity contribution in [2.45, 2.75) is 19.3 Å². The quantitative estimate of drug-likeness (QED) is 0.861. The first-order valence-corrected chi connectivity index (χ1v) is 6.80. The summed E-state index contributed by atoms with van der Waals surface area (Å²) in [6.07, 6.45) is 0.165. The van der Waals surface area contributed by atoms with Gasteiger partial charge in [-0.05, 0) is 24.6 Å². The molecule has 1 N–H and O–H groups in total. The van der Waals surface area contributed by atoms with Gasteiger partial charge in [0.25, 0.3) is 0 Å². The molecule has 0 bridgehead atoms. The SMILES string of the molecule is Cc1c(O)cccc1N1C(=O)CC(c2ccccc2)C1=O. The second kappa shape index (κ2) is 5.05. The highest BCUT2D eigenvalue weighted by Crippen LogP contribution is 2.36. The van der Waals surface area contributed by atoms with Crippen LogP contribution in [0.15, 0.2) is 48.5 Å². The van der Waals surface area contributed by atoms with Crippen molar-refractivity contribution in [3.05, 3.63) is 59.7 Å². The molecule has 2 aromatic rings. The number of anilines is 1. The molecule has 1 saturated heterocycles. The van der Waals surface area contributed by atoms with Gasteiger partial charge in [0.15, 0.2) is 0 Å². The molecule has 106 valence electrons. The third-order valence-corrected chi connectivity index (χ3v) is 3.87. The van der Waals surface area contributed by atoms with Crippen LogP contribution in [0.25, 0.3) is 0 Å². The van der Waals surface area contributed by atoms with Gasteiger partial charge in [0.1, 0.15) is 5.75 Å². The van der Waals surface area contributed by atoms with Crippen molar-refractivity contribution in [1.82, 2.24) is 0 Å². The maximum absolute atomic E-state index is 12.6. The summed E-state index contributed by atoms with van der Waals surface area (Å²) in [5.74, 6) is -0.834. The largest absolute Gasteiger partial charge is 0.508 e. The third-order valence-electron chi connectivity index (χ3n) is 3.87. The minimum atomic E-state index is -0.444. The van der Waals surface area contributed by atoms with Crippen LogP contribution in [-0.2, 0) is 9.59 Å². The molecule has 0 aromatic heterocycles. The van der Waals surface area contributed by atoms with Gasteiger partial charge < -0.3 is 5.11 Å². The third kappa shape index (κ3) is 2.18. The Kier molecular flexibility index (Phi) is 3.22. The molecule has 1 atom stereocenters. The molecular weight excluding hydrogens is 266 g/mol. The number of phenols is 1. The number of carbonyl (C=O) groups excluding carboxylic acids is 2. The Morgan fingerprint density at radius 2 is 1.76 bits per heavy atom. The van der Waals surface area contributed by atoms with Gasteiger partial charge in [0.2, 0.25) is 11.8 Å².